The smallest absolute Gasteiger partial charge is 0.0979 e. The molecule has 3 nitrogen and oxygen atoms in total. The van der Waals surface area contributed by atoms with Crippen LogP contribution in [0.1, 0.15) is 6.92 Å². The van der Waals surface area contributed by atoms with Gasteiger partial charge in [-0.25, -0.2) is 4.99 Å². The minimum Gasteiger partial charge on any atom is -0.335 e. The second-order valence-corrected chi connectivity index (χ2v) is 1.55. The summed E-state index contributed by atoms with van der Waals surface area (Å²) in [6.45, 7) is 1.84. The van der Waals surface area contributed by atoms with Crippen molar-refractivity contribution in [2.24, 2.45) is 9.98 Å². The van der Waals surface area contributed by atoms with Crippen LogP contribution in [0.4, 0.5) is 0 Å². The van der Waals surface area contributed by atoms with Crippen molar-refractivity contribution in [3.63, 3.8) is 0 Å². The first-order valence-electron chi connectivity index (χ1n) is 2.46. The molecule has 0 fully saturated rings. The molecule has 0 heterocycles. The van der Waals surface area contributed by atoms with Gasteiger partial charge in [-0.3, -0.25) is 4.99 Å². The lowest BCUT2D eigenvalue weighted by Crippen LogP contribution is -2.17. The van der Waals surface area contributed by atoms with Gasteiger partial charge in [0.1, 0.15) is 0 Å². The normalized spacial score (nSPS) is 12.0. The molecule has 0 rings (SSSR count). The highest BCUT2D eigenvalue weighted by Crippen LogP contribution is 1.63. The van der Waals surface area contributed by atoms with Crippen molar-refractivity contribution >= 4 is 29.9 Å². The van der Waals surface area contributed by atoms with Crippen LogP contribution >= 0.6 is 12.2 Å². The van der Waals surface area contributed by atoms with Crippen LogP contribution < -0.4 is 5.32 Å². The summed E-state index contributed by atoms with van der Waals surface area (Å²) < 4.78 is 0. The van der Waals surface area contributed by atoms with Gasteiger partial charge in [-0.1, -0.05) is 12.2 Å². The number of amidine groups is 1. The maximum atomic E-state index is 4.44. The predicted octanol–water partition coefficient (Wildman–Crippen LogP) is 0.610. The van der Waals surface area contributed by atoms with E-state index in [1.165, 1.54) is 11.8 Å². The fourth-order valence-electron chi connectivity index (χ4n) is 0.226. The first-order valence-corrected chi connectivity index (χ1v) is 2.93. The lowest BCUT2D eigenvalue weighted by molar-refractivity contribution is 1.29. The van der Waals surface area contributed by atoms with Crippen LogP contribution in [0.25, 0.3) is 0 Å². The van der Waals surface area contributed by atoms with E-state index in [1.54, 1.807) is 7.05 Å². The summed E-state index contributed by atoms with van der Waals surface area (Å²) in [6, 6.07) is 0. The minimum atomic E-state index is 0.815. The highest BCUT2D eigenvalue weighted by molar-refractivity contribution is 7.78. The molecule has 0 saturated carbocycles. The summed E-state index contributed by atoms with van der Waals surface area (Å²) in [5.41, 5.74) is 1.29. The number of nitrogens with zero attached hydrogens (tertiary/aromatic N) is 2. The lowest BCUT2D eigenvalue weighted by Gasteiger charge is -1.92. The Balaban J connectivity index is 3.50. The first kappa shape index (κ1) is 8.23. The summed E-state index contributed by atoms with van der Waals surface area (Å²) in [7, 11) is 1.70. The number of nitrogens with one attached hydrogen (secondary N) is 1. The highest BCUT2D eigenvalue weighted by Gasteiger charge is 1.77. The van der Waals surface area contributed by atoms with Gasteiger partial charge in [-0.15, -0.1) is 0 Å². The standard InChI is InChI=1S/C5H9N3S/c1-5(6-2)8-3-7-4-9/h3-4H,1-2H3,(H,6,7,8,9). The van der Waals surface area contributed by atoms with Crippen LogP contribution in [0.2, 0.25) is 0 Å². The Bertz CT molecular complexity index is 139. The average Bonchev–Trinajstić information content (AvgIpc) is 1.89. The fraction of sp³-hybridized carbons (Fsp3) is 0.400. The molecule has 0 aliphatic carbocycles. The third kappa shape index (κ3) is 5.10. The Morgan fingerprint density at radius 1 is 1.67 bits per heavy atom. The molecule has 0 saturated heterocycles. The van der Waals surface area contributed by atoms with Gasteiger partial charge in [0.15, 0.2) is 0 Å². The molecule has 0 unspecified atom stereocenters. The Labute approximate surface area is 59.9 Å². The van der Waals surface area contributed by atoms with Crippen molar-refractivity contribution in [3.05, 3.63) is 0 Å². The molecule has 50 valence electrons. The molecule has 0 aliphatic heterocycles. The van der Waals surface area contributed by atoms with Crippen LogP contribution in [0.3, 0.4) is 0 Å². The summed E-state index contributed by atoms with van der Waals surface area (Å²) in [4.78, 5) is 7.46. The van der Waals surface area contributed by atoms with E-state index in [0.717, 1.165) is 5.84 Å². The number of hydrogen-bond donors (Lipinski definition) is 1. The van der Waals surface area contributed by atoms with Gasteiger partial charge in [-0.05, 0) is 6.92 Å². The van der Waals surface area contributed by atoms with E-state index >= 15 is 0 Å². The summed E-state index contributed by atoms with van der Waals surface area (Å²) in [5.74, 6) is 0.815. The molecule has 1 N–H and O–H groups in total. The molecule has 0 radical (unpaired) electrons. The van der Waals surface area contributed by atoms with Gasteiger partial charge in [-0.2, -0.15) is 0 Å². The molecule has 0 aromatic heterocycles. The molecule has 9 heavy (non-hydrogen) atoms. The second kappa shape index (κ2) is 5.37. The fourth-order valence-corrected chi connectivity index (χ4v) is 0.287. The van der Waals surface area contributed by atoms with Gasteiger partial charge in [0.25, 0.3) is 0 Å². The van der Waals surface area contributed by atoms with Crippen LogP contribution in [0, 0.1) is 0 Å². The average molecular weight is 143 g/mol. The Morgan fingerprint density at radius 3 is 2.78 bits per heavy atom. The van der Waals surface area contributed by atoms with E-state index in [1.807, 2.05) is 6.92 Å². The molecular formula is C5H9N3S. The number of hydrogen-bond acceptors (Lipinski definition) is 2. The predicted molar refractivity (Wildman–Crippen MR) is 44.3 cm³/mol. The third-order valence-corrected chi connectivity index (χ3v) is 0.866. The van der Waals surface area contributed by atoms with Crippen LogP contribution in [-0.4, -0.2) is 24.7 Å². The number of aliphatic imine (C=N–C) groups is 2. The lowest BCUT2D eigenvalue weighted by atomic mass is 10.7. The van der Waals surface area contributed by atoms with Gasteiger partial charge >= 0.3 is 0 Å². The molecule has 0 bridgehead atoms. The van der Waals surface area contributed by atoms with Gasteiger partial charge in [0.05, 0.1) is 17.7 Å². The van der Waals surface area contributed by atoms with Gasteiger partial charge in [0.2, 0.25) is 0 Å². The Hall–Kier alpha value is -0.770. The van der Waals surface area contributed by atoms with Crippen molar-refractivity contribution in [3.8, 4) is 0 Å². The molecule has 0 spiro atoms. The summed E-state index contributed by atoms with van der Waals surface area (Å²) >= 11 is 4.44. The summed E-state index contributed by atoms with van der Waals surface area (Å²) in [6.07, 6.45) is 1.50. The number of rotatable bonds is 2. The quantitative estimate of drug-likeness (QED) is 0.349. The van der Waals surface area contributed by atoms with E-state index in [-0.39, 0.29) is 0 Å². The third-order valence-electron chi connectivity index (χ3n) is 0.744. The monoisotopic (exact) mass is 143 g/mol. The SMILES string of the molecule is CN=C(C)NC=NC=S. The van der Waals surface area contributed by atoms with Crippen LogP contribution in [-0.2, 0) is 0 Å². The molecule has 0 aromatic rings. The molecule has 0 aliphatic rings. The summed E-state index contributed by atoms with van der Waals surface area (Å²) in [5, 5.41) is 2.79. The van der Waals surface area contributed by atoms with Crippen molar-refractivity contribution < 1.29 is 0 Å². The minimum absolute atomic E-state index is 0.815. The molecule has 0 aromatic carbocycles. The van der Waals surface area contributed by atoms with Crippen molar-refractivity contribution in [1.29, 1.82) is 0 Å². The van der Waals surface area contributed by atoms with E-state index in [2.05, 4.69) is 27.5 Å². The zero-order valence-electron chi connectivity index (χ0n) is 5.46. The van der Waals surface area contributed by atoms with E-state index < -0.39 is 0 Å². The Morgan fingerprint density at radius 2 is 2.33 bits per heavy atom. The van der Waals surface area contributed by atoms with E-state index in [0.29, 0.717) is 0 Å². The van der Waals surface area contributed by atoms with E-state index in [4.69, 9.17) is 0 Å². The van der Waals surface area contributed by atoms with Crippen molar-refractivity contribution in [1.82, 2.24) is 5.32 Å². The first-order chi connectivity index (χ1) is 4.31. The highest BCUT2D eigenvalue weighted by atomic mass is 32.1. The molecule has 0 atom stereocenters. The largest absolute Gasteiger partial charge is 0.335 e. The molecular weight excluding hydrogens is 134 g/mol. The maximum Gasteiger partial charge on any atom is 0.0979 e. The topological polar surface area (TPSA) is 36.8 Å². The number of thiocarbonyl (C=S) groups is 1. The van der Waals surface area contributed by atoms with Crippen LogP contribution in [0.5, 0.6) is 0 Å². The van der Waals surface area contributed by atoms with E-state index in [9.17, 15) is 0 Å². The molecule has 0 amide bonds. The van der Waals surface area contributed by atoms with Crippen LogP contribution in [0.15, 0.2) is 9.98 Å². The maximum absolute atomic E-state index is 4.44. The zero-order valence-corrected chi connectivity index (χ0v) is 6.27. The Kier molecular flexibility index (Phi) is 4.91. The zero-order chi connectivity index (χ0) is 7.11. The van der Waals surface area contributed by atoms with Crippen molar-refractivity contribution in [2.45, 2.75) is 6.92 Å². The van der Waals surface area contributed by atoms with Gasteiger partial charge in [0, 0.05) is 7.05 Å². The van der Waals surface area contributed by atoms with Crippen molar-refractivity contribution in [2.75, 3.05) is 7.05 Å². The van der Waals surface area contributed by atoms with Gasteiger partial charge < -0.3 is 5.32 Å². The molecule has 4 heteroatoms. The second-order valence-electron chi connectivity index (χ2n) is 1.34.